The maximum atomic E-state index is 12.8. The van der Waals surface area contributed by atoms with Crippen LogP contribution in [0.2, 0.25) is 0 Å². The topological polar surface area (TPSA) is 90.0 Å². The van der Waals surface area contributed by atoms with Crippen molar-refractivity contribution in [1.82, 2.24) is 0 Å². The van der Waals surface area contributed by atoms with Crippen LogP contribution < -0.4 is 4.90 Å². The van der Waals surface area contributed by atoms with Crippen LogP contribution in [0.3, 0.4) is 0 Å². The minimum absolute atomic E-state index is 0.0432. The average molecular weight is 464 g/mol. The Bertz CT molecular complexity index is 968. The summed E-state index contributed by atoms with van der Waals surface area (Å²) in [6, 6.07) is 5.15. The number of amides is 2. The molecule has 0 fully saturated rings. The van der Waals surface area contributed by atoms with Crippen LogP contribution in [0.1, 0.15) is 59.9 Å². The fraction of sp³-hybridized carbons (Fsp3) is 0.333. The number of hydrogen-bond donors (Lipinski definition) is 0. The predicted molar refractivity (Wildman–Crippen MR) is 111 cm³/mol. The first-order chi connectivity index (χ1) is 13.6. The molecule has 2 amide bonds. The third-order valence-electron chi connectivity index (χ3n) is 4.53. The van der Waals surface area contributed by atoms with Gasteiger partial charge in [0, 0.05) is 18.3 Å². The molecule has 7 nitrogen and oxygen atoms in total. The fourth-order valence-electron chi connectivity index (χ4n) is 3.27. The van der Waals surface area contributed by atoms with Crippen molar-refractivity contribution in [3.63, 3.8) is 0 Å². The lowest BCUT2D eigenvalue weighted by molar-refractivity contribution is -0.124. The SMILES string of the molecule is COC(=O)c1c2ccc(Br)c(C(C)C)cc-2c(C(=O)OC)c1N(C(C)=O)C(C)=O. The van der Waals surface area contributed by atoms with Crippen molar-refractivity contribution < 1.29 is 28.7 Å². The van der Waals surface area contributed by atoms with Gasteiger partial charge in [0.2, 0.25) is 11.8 Å². The number of fused-ring (bicyclic) bond motifs is 1. The van der Waals surface area contributed by atoms with Crippen LogP contribution in [0.4, 0.5) is 5.69 Å². The monoisotopic (exact) mass is 463 g/mol. The molecule has 0 spiro atoms. The molecule has 0 radical (unpaired) electrons. The molecule has 0 bridgehead atoms. The van der Waals surface area contributed by atoms with Gasteiger partial charge in [-0.1, -0.05) is 35.8 Å². The van der Waals surface area contributed by atoms with Crippen molar-refractivity contribution in [2.75, 3.05) is 19.1 Å². The number of hydrogen-bond acceptors (Lipinski definition) is 6. The molecule has 154 valence electrons. The number of methoxy groups -OCH3 is 2. The van der Waals surface area contributed by atoms with Gasteiger partial charge in [-0.25, -0.2) is 14.5 Å². The Labute approximate surface area is 177 Å². The van der Waals surface area contributed by atoms with E-state index in [1.165, 1.54) is 28.1 Å². The largest absolute Gasteiger partial charge is 0.465 e. The Hall–Kier alpha value is -2.74. The molecular formula is C21H22BrNO6. The Kier molecular flexibility index (Phi) is 6.79. The highest BCUT2D eigenvalue weighted by Gasteiger charge is 2.37. The number of nitrogens with zero attached hydrogens (tertiary/aromatic N) is 1. The minimum atomic E-state index is -0.777. The fourth-order valence-corrected chi connectivity index (χ4v) is 3.97. The van der Waals surface area contributed by atoms with Gasteiger partial charge in [-0.3, -0.25) is 9.59 Å². The standard InChI is InChI=1S/C21H22BrNO6/c1-10(2)14-9-15-13(7-8-16(14)22)17(20(26)28-5)19(18(15)21(27)29-6)23(11(3)24)12(4)25/h7-10H,1-6H3. The number of anilines is 1. The molecule has 0 saturated carbocycles. The van der Waals surface area contributed by atoms with Crippen LogP contribution in [0.5, 0.6) is 0 Å². The van der Waals surface area contributed by atoms with E-state index in [0.29, 0.717) is 11.1 Å². The van der Waals surface area contributed by atoms with Crippen LogP contribution in [0.15, 0.2) is 22.7 Å². The molecule has 0 heterocycles. The summed E-state index contributed by atoms with van der Waals surface area (Å²) in [5, 5.41) is 0. The van der Waals surface area contributed by atoms with Gasteiger partial charge in [-0.05, 0) is 34.7 Å². The number of ether oxygens (including phenoxy) is 2. The van der Waals surface area contributed by atoms with Crippen LogP contribution in [0, 0.1) is 0 Å². The summed E-state index contributed by atoms with van der Waals surface area (Å²) in [6.07, 6.45) is 0. The van der Waals surface area contributed by atoms with Crippen LogP contribution in [-0.2, 0) is 19.1 Å². The summed E-state index contributed by atoms with van der Waals surface area (Å²) in [7, 11) is 2.38. The van der Waals surface area contributed by atoms with Crippen molar-refractivity contribution in [2.45, 2.75) is 33.6 Å². The van der Waals surface area contributed by atoms with Gasteiger partial charge in [0.05, 0.1) is 31.0 Å². The molecular weight excluding hydrogens is 442 g/mol. The van der Waals surface area contributed by atoms with E-state index in [9.17, 15) is 19.2 Å². The molecule has 0 aromatic rings. The third-order valence-corrected chi connectivity index (χ3v) is 5.25. The van der Waals surface area contributed by atoms with E-state index in [0.717, 1.165) is 14.9 Å². The Morgan fingerprint density at radius 1 is 0.897 bits per heavy atom. The number of halogens is 1. The number of imide groups is 1. The van der Waals surface area contributed by atoms with Crippen molar-refractivity contribution in [2.24, 2.45) is 0 Å². The zero-order chi connectivity index (χ0) is 22.0. The summed E-state index contributed by atoms with van der Waals surface area (Å²) in [5.41, 5.74) is 1.40. The first kappa shape index (κ1) is 22.5. The van der Waals surface area contributed by atoms with Gasteiger partial charge in [-0.2, -0.15) is 0 Å². The first-order valence-corrected chi connectivity index (χ1v) is 9.63. The summed E-state index contributed by atoms with van der Waals surface area (Å²) in [5.74, 6) is -2.75. The van der Waals surface area contributed by atoms with E-state index in [1.54, 1.807) is 18.2 Å². The summed E-state index contributed by atoms with van der Waals surface area (Å²) < 4.78 is 10.6. The Balaban J connectivity index is 3.16. The summed E-state index contributed by atoms with van der Waals surface area (Å²) in [4.78, 5) is 50.8. The summed E-state index contributed by atoms with van der Waals surface area (Å²) in [6.45, 7) is 6.31. The van der Waals surface area contributed by atoms with E-state index >= 15 is 0 Å². The first-order valence-electron chi connectivity index (χ1n) is 8.83. The number of carbonyl (C=O) groups excluding carboxylic acids is 4. The van der Waals surface area contributed by atoms with Crippen molar-refractivity contribution in [3.05, 3.63) is 39.4 Å². The van der Waals surface area contributed by atoms with Gasteiger partial charge < -0.3 is 9.47 Å². The number of esters is 2. The molecule has 0 aromatic heterocycles. The quantitative estimate of drug-likeness (QED) is 0.632. The number of carbonyl (C=O) groups is 4. The smallest absolute Gasteiger partial charge is 0.340 e. The second kappa shape index (κ2) is 8.73. The van der Waals surface area contributed by atoms with Crippen molar-refractivity contribution in [3.8, 4) is 11.1 Å². The lowest BCUT2D eigenvalue weighted by atomic mass is 10.0. The van der Waals surface area contributed by atoms with Crippen molar-refractivity contribution in [1.29, 1.82) is 0 Å². The van der Waals surface area contributed by atoms with Crippen LogP contribution in [-0.4, -0.2) is 38.0 Å². The molecule has 0 aromatic carbocycles. The Morgan fingerprint density at radius 2 is 1.38 bits per heavy atom. The Morgan fingerprint density at radius 3 is 1.79 bits per heavy atom. The van der Waals surface area contributed by atoms with E-state index in [-0.39, 0.29) is 22.7 Å². The van der Waals surface area contributed by atoms with E-state index in [2.05, 4.69) is 15.9 Å². The molecule has 29 heavy (non-hydrogen) atoms. The van der Waals surface area contributed by atoms with E-state index in [1.807, 2.05) is 13.8 Å². The maximum Gasteiger partial charge on any atom is 0.340 e. The van der Waals surface area contributed by atoms with Gasteiger partial charge in [0.1, 0.15) is 0 Å². The highest BCUT2D eigenvalue weighted by molar-refractivity contribution is 9.10. The molecule has 0 unspecified atom stereocenters. The lowest BCUT2D eigenvalue weighted by Crippen LogP contribution is -2.35. The second-order valence-electron chi connectivity index (χ2n) is 6.72. The zero-order valence-electron chi connectivity index (χ0n) is 17.1. The molecule has 2 aliphatic rings. The van der Waals surface area contributed by atoms with Crippen LogP contribution in [0.25, 0.3) is 11.1 Å². The van der Waals surface area contributed by atoms with Crippen LogP contribution >= 0.6 is 15.9 Å². The molecule has 2 rings (SSSR count). The normalized spacial score (nSPS) is 10.8. The average Bonchev–Trinajstić information content (AvgIpc) is 2.84. The molecule has 0 saturated heterocycles. The van der Waals surface area contributed by atoms with E-state index < -0.39 is 23.8 Å². The van der Waals surface area contributed by atoms with E-state index in [4.69, 9.17) is 9.47 Å². The van der Waals surface area contributed by atoms with Gasteiger partial charge in [0.25, 0.3) is 0 Å². The lowest BCUT2D eigenvalue weighted by Gasteiger charge is -2.19. The van der Waals surface area contributed by atoms with Gasteiger partial charge in [-0.15, -0.1) is 0 Å². The highest BCUT2D eigenvalue weighted by Crippen LogP contribution is 2.45. The number of rotatable bonds is 4. The molecule has 0 atom stereocenters. The van der Waals surface area contributed by atoms with Crippen molar-refractivity contribution >= 4 is 45.4 Å². The predicted octanol–water partition coefficient (Wildman–Crippen LogP) is 4.15. The molecule has 8 heteroatoms. The zero-order valence-corrected chi connectivity index (χ0v) is 18.7. The minimum Gasteiger partial charge on any atom is -0.465 e. The molecule has 0 aliphatic heterocycles. The molecule has 2 aliphatic carbocycles. The second-order valence-corrected chi connectivity index (χ2v) is 7.57. The highest BCUT2D eigenvalue weighted by atomic mass is 79.9. The summed E-state index contributed by atoms with van der Waals surface area (Å²) >= 11 is 3.51. The van der Waals surface area contributed by atoms with Gasteiger partial charge >= 0.3 is 11.9 Å². The van der Waals surface area contributed by atoms with Gasteiger partial charge in [0.15, 0.2) is 0 Å². The third kappa shape index (κ3) is 4.03. The maximum absolute atomic E-state index is 12.8. The molecule has 0 N–H and O–H groups in total.